The lowest BCUT2D eigenvalue weighted by atomic mass is 9.99. The van der Waals surface area contributed by atoms with Gasteiger partial charge < -0.3 is 4.42 Å². The summed E-state index contributed by atoms with van der Waals surface area (Å²) in [5.74, 6) is 1.37. The topological polar surface area (TPSA) is 56.7 Å². The summed E-state index contributed by atoms with van der Waals surface area (Å²) >= 11 is 0. The maximum absolute atomic E-state index is 8.61. The zero-order valence-electron chi connectivity index (χ0n) is 31.5. The summed E-state index contributed by atoms with van der Waals surface area (Å²) in [6.45, 7) is 0. The Balaban J connectivity index is 1.19. The molecule has 0 bridgehead atoms. The third-order valence-electron chi connectivity index (χ3n) is 9.16. The Morgan fingerprint density at radius 2 is 1.16 bits per heavy atom. The van der Waals surface area contributed by atoms with Gasteiger partial charge in [0.1, 0.15) is 11.2 Å². The predicted octanol–water partition coefficient (Wildman–Crippen LogP) is 11.5. The van der Waals surface area contributed by atoms with Crippen LogP contribution in [0.3, 0.4) is 0 Å². The van der Waals surface area contributed by atoms with Crippen molar-refractivity contribution in [3.8, 4) is 51.0 Å². The molecule has 3 heterocycles. The standard InChI is InChI=1S/C45H28N4O/c1-4-13-29(14-5-1)32-24-26-39-37(27-32)35-19-10-11-21-38(35)49(39)45-47-43(31-17-8-3-9-18-31)46-44(48-45)33-23-25-36-41(28-33)50-40-22-12-20-34(42(36)40)30-15-6-2-7-16-30/h1-28H/i1D,4D,5D,13D,14D. The van der Waals surface area contributed by atoms with Crippen LogP contribution in [0.4, 0.5) is 0 Å². The molecule has 5 nitrogen and oxygen atoms in total. The fourth-order valence-corrected chi connectivity index (χ4v) is 6.87. The lowest BCUT2D eigenvalue weighted by Crippen LogP contribution is -2.06. The zero-order valence-corrected chi connectivity index (χ0v) is 26.5. The van der Waals surface area contributed by atoms with E-state index in [0.717, 1.165) is 66.0 Å². The van der Waals surface area contributed by atoms with E-state index in [9.17, 15) is 0 Å². The molecule has 0 saturated heterocycles. The summed E-state index contributed by atoms with van der Waals surface area (Å²) in [6.07, 6.45) is 0. The Bertz CT molecular complexity index is 3130. The molecule has 0 unspecified atom stereocenters. The molecule has 5 heteroatoms. The van der Waals surface area contributed by atoms with Crippen molar-refractivity contribution in [3.05, 3.63) is 170 Å². The first kappa shape index (κ1) is 23.5. The summed E-state index contributed by atoms with van der Waals surface area (Å²) in [4.78, 5) is 15.1. The molecular weight excluding hydrogens is 613 g/mol. The predicted molar refractivity (Wildman–Crippen MR) is 203 cm³/mol. The number of hydrogen-bond donors (Lipinski definition) is 0. The van der Waals surface area contributed by atoms with Crippen molar-refractivity contribution in [1.82, 2.24) is 19.5 Å². The fraction of sp³-hybridized carbons (Fsp3) is 0. The Morgan fingerprint density at radius 3 is 1.98 bits per heavy atom. The SMILES string of the molecule is [2H]c1c([2H])c([2H])c(-c2ccc3c(c2)c2ccccc2n3-c2nc(-c3ccccc3)nc(-c3ccc4c(c3)oc3cccc(-c5ccccc5)c34)n2)c([2H])c1[2H]. The summed E-state index contributed by atoms with van der Waals surface area (Å²) in [7, 11) is 0. The van der Waals surface area contributed by atoms with E-state index >= 15 is 0 Å². The van der Waals surface area contributed by atoms with Gasteiger partial charge in [0, 0.05) is 32.7 Å². The minimum absolute atomic E-state index is 0.149. The molecule has 50 heavy (non-hydrogen) atoms. The third-order valence-corrected chi connectivity index (χ3v) is 9.16. The summed E-state index contributed by atoms with van der Waals surface area (Å²) in [5.41, 5.74) is 7.60. The van der Waals surface area contributed by atoms with E-state index in [1.165, 1.54) is 0 Å². The molecule has 0 radical (unpaired) electrons. The van der Waals surface area contributed by atoms with Crippen LogP contribution in [0.25, 0.3) is 94.7 Å². The minimum atomic E-state index is -0.423. The molecule has 0 spiro atoms. The smallest absolute Gasteiger partial charge is 0.238 e. The minimum Gasteiger partial charge on any atom is -0.456 e. The summed E-state index contributed by atoms with van der Waals surface area (Å²) in [5, 5.41) is 3.76. The Morgan fingerprint density at radius 1 is 0.460 bits per heavy atom. The van der Waals surface area contributed by atoms with Crippen molar-refractivity contribution in [2.75, 3.05) is 0 Å². The van der Waals surface area contributed by atoms with Gasteiger partial charge in [0.05, 0.1) is 17.9 Å². The largest absolute Gasteiger partial charge is 0.456 e. The monoisotopic (exact) mass is 645 g/mol. The van der Waals surface area contributed by atoms with Gasteiger partial charge in [-0.3, -0.25) is 4.57 Å². The number of para-hydroxylation sites is 1. The number of nitrogens with zero attached hydrogens (tertiary/aromatic N) is 4. The Hall–Kier alpha value is -6.85. The lowest BCUT2D eigenvalue weighted by molar-refractivity contribution is 0.669. The molecule has 0 N–H and O–H groups in total. The second-order valence-electron chi connectivity index (χ2n) is 12.1. The highest BCUT2D eigenvalue weighted by atomic mass is 16.3. The fourth-order valence-electron chi connectivity index (χ4n) is 6.87. The van der Waals surface area contributed by atoms with Crippen molar-refractivity contribution in [2.45, 2.75) is 0 Å². The van der Waals surface area contributed by atoms with Gasteiger partial charge in [-0.05, 0) is 58.7 Å². The van der Waals surface area contributed by atoms with E-state index in [1.807, 2.05) is 114 Å². The molecule has 0 aliphatic carbocycles. The molecule has 0 fully saturated rings. The van der Waals surface area contributed by atoms with Crippen LogP contribution < -0.4 is 0 Å². The first-order chi connectivity index (χ1) is 26.9. The normalized spacial score (nSPS) is 13.0. The second kappa shape index (κ2) is 11.4. The van der Waals surface area contributed by atoms with E-state index in [-0.39, 0.29) is 29.7 Å². The molecule has 234 valence electrons. The van der Waals surface area contributed by atoms with Crippen LogP contribution in [-0.4, -0.2) is 19.5 Å². The molecule has 10 rings (SSSR count). The van der Waals surface area contributed by atoms with Crippen LogP contribution in [0, 0.1) is 0 Å². The van der Waals surface area contributed by atoms with Crippen LogP contribution in [0.15, 0.2) is 174 Å². The van der Waals surface area contributed by atoms with Crippen LogP contribution in [0.5, 0.6) is 0 Å². The molecule has 0 aliphatic heterocycles. The van der Waals surface area contributed by atoms with Crippen molar-refractivity contribution in [2.24, 2.45) is 0 Å². The number of hydrogen-bond acceptors (Lipinski definition) is 4. The number of rotatable bonds is 5. The number of fused-ring (bicyclic) bond motifs is 6. The molecule has 0 aliphatic rings. The Labute approximate surface area is 294 Å². The van der Waals surface area contributed by atoms with E-state index in [1.54, 1.807) is 6.07 Å². The van der Waals surface area contributed by atoms with Crippen molar-refractivity contribution in [1.29, 1.82) is 0 Å². The van der Waals surface area contributed by atoms with Crippen molar-refractivity contribution in [3.63, 3.8) is 0 Å². The van der Waals surface area contributed by atoms with E-state index in [2.05, 4.69) is 24.3 Å². The van der Waals surface area contributed by atoms with E-state index in [4.69, 9.17) is 26.2 Å². The maximum atomic E-state index is 8.61. The van der Waals surface area contributed by atoms with Crippen molar-refractivity contribution < 1.29 is 11.3 Å². The Kier molecular flexibility index (Phi) is 5.35. The van der Waals surface area contributed by atoms with Crippen LogP contribution >= 0.6 is 0 Å². The second-order valence-corrected chi connectivity index (χ2v) is 12.1. The molecule has 10 aromatic rings. The molecule has 0 amide bonds. The van der Waals surface area contributed by atoms with Crippen LogP contribution in [0.1, 0.15) is 6.85 Å². The van der Waals surface area contributed by atoms with Gasteiger partial charge in [-0.1, -0.05) is 133 Å². The summed E-state index contributed by atoms with van der Waals surface area (Å²) < 4.78 is 50.3. The van der Waals surface area contributed by atoms with Gasteiger partial charge >= 0.3 is 0 Å². The van der Waals surface area contributed by atoms with E-state index in [0.29, 0.717) is 23.2 Å². The van der Waals surface area contributed by atoms with E-state index < -0.39 is 6.04 Å². The van der Waals surface area contributed by atoms with Crippen LogP contribution in [-0.2, 0) is 0 Å². The molecule has 3 aromatic heterocycles. The highest BCUT2D eigenvalue weighted by Crippen LogP contribution is 2.39. The highest BCUT2D eigenvalue weighted by Gasteiger charge is 2.19. The third kappa shape index (κ3) is 4.60. The van der Waals surface area contributed by atoms with Gasteiger partial charge in [0.15, 0.2) is 11.6 Å². The van der Waals surface area contributed by atoms with Gasteiger partial charge in [0.25, 0.3) is 0 Å². The van der Waals surface area contributed by atoms with Gasteiger partial charge in [-0.15, -0.1) is 0 Å². The number of aromatic nitrogens is 4. The van der Waals surface area contributed by atoms with Crippen molar-refractivity contribution >= 4 is 43.7 Å². The maximum Gasteiger partial charge on any atom is 0.238 e. The molecule has 7 aromatic carbocycles. The number of benzene rings is 7. The highest BCUT2D eigenvalue weighted by molar-refractivity contribution is 6.13. The molecule has 0 saturated carbocycles. The van der Waals surface area contributed by atoms with Crippen LogP contribution in [0.2, 0.25) is 0 Å². The number of furan rings is 1. The van der Waals surface area contributed by atoms with Gasteiger partial charge in [0.2, 0.25) is 5.95 Å². The van der Waals surface area contributed by atoms with Gasteiger partial charge in [-0.2, -0.15) is 9.97 Å². The van der Waals surface area contributed by atoms with Gasteiger partial charge in [-0.25, -0.2) is 4.98 Å². The zero-order chi connectivity index (χ0) is 37.4. The first-order valence-electron chi connectivity index (χ1n) is 18.8. The first-order valence-corrected chi connectivity index (χ1v) is 16.3. The average Bonchev–Trinajstić information content (AvgIpc) is 3.78. The molecule has 0 atom stereocenters. The average molecular weight is 646 g/mol. The lowest BCUT2D eigenvalue weighted by Gasteiger charge is -2.11. The quantitative estimate of drug-likeness (QED) is 0.187. The summed E-state index contributed by atoms with van der Waals surface area (Å²) in [6, 6.07) is 44.0. The molecular formula is C45H28N4O.